The standard InChI is InChI=1S/C9H19P/c1-8(2)10(3)9-6-4-5-7-9/h8-9H,4-7H2,1-3H3. The van der Waals surface area contributed by atoms with Gasteiger partial charge in [0.15, 0.2) is 0 Å². The van der Waals surface area contributed by atoms with Crippen LogP contribution < -0.4 is 0 Å². The van der Waals surface area contributed by atoms with E-state index in [1.54, 1.807) is 0 Å². The van der Waals surface area contributed by atoms with Crippen LogP contribution in [-0.2, 0) is 0 Å². The Balaban J connectivity index is 2.32. The van der Waals surface area contributed by atoms with Gasteiger partial charge in [0.1, 0.15) is 0 Å². The second-order valence-electron chi connectivity index (χ2n) is 3.70. The zero-order valence-corrected chi connectivity index (χ0v) is 8.32. The van der Waals surface area contributed by atoms with Crippen LogP contribution in [0.5, 0.6) is 0 Å². The molecule has 1 aliphatic carbocycles. The van der Waals surface area contributed by atoms with E-state index >= 15 is 0 Å². The molecule has 0 aromatic rings. The Morgan fingerprint density at radius 2 is 1.70 bits per heavy atom. The third kappa shape index (κ3) is 1.95. The predicted octanol–water partition coefficient (Wildman–Crippen LogP) is 3.45. The maximum Gasteiger partial charge on any atom is -0.0209 e. The van der Waals surface area contributed by atoms with Gasteiger partial charge in [-0.15, -0.1) is 7.92 Å². The Morgan fingerprint density at radius 1 is 1.20 bits per heavy atom. The molecule has 0 heterocycles. The normalized spacial score (nSPS) is 24.0. The number of hydrogen-bond donors (Lipinski definition) is 0. The first-order valence-corrected chi connectivity index (χ1v) is 6.36. The van der Waals surface area contributed by atoms with E-state index in [0.29, 0.717) is 7.92 Å². The van der Waals surface area contributed by atoms with Gasteiger partial charge in [0.05, 0.1) is 0 Å². The lowest BCUT2D eigenvalue weighted by molar-refractivity contribution is 0.875. The summed E-state index contributed by atoms with van der Waals surface area (Å²) in [6, 6.07) is 0. The summed E-state index contributed by atoms with van der Waals surface area (Å²) < 4.78 is 0. The van der Waals surface area contributed by atoms with Crippen molar-refractivity contribution in [2.75, 3.05) is 6.66 Å². The van der Waals surface area contributed by atoms with Crippen LogP contribution >= 0.6 is 7.92 Å². The molecule has 10 heavy (non-hydrogen) atoms. The summed E-state index contributed by atoms with van der Waals surface area (Å²) in [5.74, 6) is 0. The second kappa shape index (κ2) is 3.72. The average molecular weight is 158 g/mol. The topological polar surface area (TPSA) is 0 Å². The van der Waals surface area contributed by atoms with Crippen molar-refractivity contribution in [1.29, 1.82) is 0 Å². The Morgan fingerprint density at radius 3 is 2.10 bits per heavy atom. The fourth-order valence-corrected chi connectivity index (χ4v) is 3.76. The minimum atomic E-state index is 0.359. The van der Waals surface area contributed by atoms with Gasteiger partial charge in [-0.1, -0.05) is 26.7 Å². The molecule has 1 rings (SSSR count). The van der Waals surface area contributed by atoms with Crippen molar-refractivity contribution < 1.29 is 0 Å². The zero-order chi connectivity index (χ0) is 7.56. The van der Waals surface area contributed by atoms with Gasteiger partial charge < -0.3 is 0 Å². The monoisotopic (exact) mass is 158 g/mol. The van der Waals surface area contributed by atoms with Crippen LogP contribution in [0, 0.1) is 0 Å². The molecule has 1 unspecified atom stereocenters. The second-order valence-corrected chi connectivity index (χ2v) is 6.79. The number of rotatable bonds is 2. The smallest absolute Gasteiger partial charge is 0.0209 e. The maximum atomic E-state index is 2.48. The third-order valence-corrected chi connectivity index (χ3v) is 6.01. The fraction of sp³-hybridized carbons (Fsp3) is 1.00. The number of hydrogen-bond acceptors (Lipinski definition) is 0. The average Bonchev–Trinajstić information content (AvgIpc) is 2.36. The Bertz CT molecular complexity index is 92.9. The van der Waals surface area contributed by atoms with Crippen LogP contribution in [-0.4, -0.2) is 18.0 Å². The lowest BCUT2D eigenvalue weighted by Crippen LogP contribution is -2.05. The van der Waals surface area contributed by atoms with E-state index in [0.717, 1.165) is 11.3 Å². The van der Waals surface area contributed by atoms with Crippen molar-refractivity contribution in [2.45, 2.75) is 50.8 Å². The van der Waals surface area contributed by atoms with Gasteiger partial charge in [-0.3, -0.25) is 0 Å². The molecule has 1 atom stereocenters. The van der Waals surface area contributed by atoms with E-state index in [1.165, 1.54) is 25.7 Å². The third-order valence-electron chi connectivity index (χ3n) is 2.72. The summed E-state index contributed by atoms with van der Waals surface area (Å²) >= 11 is 0. The van der Waals surface area contributed by atoms with Crippen LogP contribution in [0.3, 0.4) is 0 Å². The molecule has 1 fully saturated rings. The highest BCUT2D eigenvalue weighted by molar-refractivity contribution is 7.58. The van der Waals surface area contributed by atoms with Gasteiger partial charge in [0, 0.05) is 0 Å². The van der Waals surface area contributed by atoms with E-state index in [4.69, 9.17) is 0 Å². The molecular weight excluding hydrogens is 139 g/mol. The summed E-state index contributed by atoms with van der Waals surface area (Å²) in [6.45, 7) is 7.24. The van der Waals surface area contributed by atoms with Crippen molar-refractivity contribution >= 4 is 7.92 Å². The highest BCUT2D eigenvalue weighted by Gasteiger charge is 2.22. The van der Waals surface area contributed by atoms with Gasteiger partial charge in [-0.2, -0.15) is 0 Å². The Labute approximate surface area is 66.2 Å². The van der Waals surface area contributed by atoms with Crippen LogP contribution in [0.15, 0.2) is 0 Å². The Hall–Kier alpha value is 0.430. The van der Waals surface area contributed by atoms with Crippen LogP contribution in [0.2, 0.25) is 0 Å². The lowest BCUT2D eigenvalue weighted by atomic mass is 10.4. The molecule has 0 nitrogen and oxygen atoms in total. The van der Waals surface area contributed by atoms with Gasteiger partial charge in [0.2, 0.25) is 0 Å². The molecule has 1 saturated carbocycles. The molecule has 60 valence electrons. The molecule has 0 N–H and O–H groups in total. The summed E-state index contributed by atoms with van der Waals surface area (Å²) in [6.07, 6.45) is 6.06. The SMILES string of the molecule is CC(C)P(C)C1CCCC1. The van der Waals surface area contributed by atoms with Crippen LogP contribution in [0.4, 0.5) is 0 Å². The molecule has 0 amide bonds. The van der Waals surface area contributed by atoms with E-state index in [9.17, 15) is 0 Å². The van der Waals surface area contributed by atoms with Gasteiger partial charge in [0.25, 0.3) is 0 Å². The summed E-state index contributed by atoms with van der Waals surface area (Å²) in [4.78, 5) is 0. The van der Waals surface area contributed by atoms with E-state index < -0.39 is 0 Å². The van der Waals surface area contributed by atoms with Crippen LogP contribution in [0.1, 0.15) is 39.5 Å². The largest absolute Gasteiger partial charge is 0.104 e. The van der Waals surface area contributed by atoms with Gasteiger partial charge >= 0.3 is 0 Å². The molecule has 0 aromatic carbocycles. The first-order valence-electron chi connectivity index (χ1n) is 4.43. The zero-order valence-electron chi connectivity index (χ0n) is 7.43. The summed E-state index contributed by atoms with van der Waals surface area (Å²) in [5, 5.41) is 0. The van der Waals surface area contributed by atoms with Gasteiger partial charge in [-0.25, -0.2) is 0 Å². The first-order chi connectivity index (χ1) is 4.72. The molecule has 0 spiro atoms. The highest BCUT2D eigenvalue weighted by atomic mass is 31.1. The van der Waals surface area contributed by atoms with Crippen molar-refractivity contribution in [3.05, 3.63) is 0 Å². The Kier molecular flexibility index (Phi) is 3.17. The summed E-state index contributed by atoms with van der Waals surface area (Å²) in [5.41, 5.74) is 2.08. The molecule has 1 aliphatic rings. The van der Waals surface area contributed by atoms with Crippen LogP contribution in [0.25, 0.3) is 0 Å². The summed E-state index contributed by atoms with van der Waals surface area (Å²) in [7, 11) is 0.359. The maximum absolute atomic E-state index is 2.48. The fourth-order valence-electron chi connectivity index (χ4n) is 1.73. The molecule has 0 saturated heterocycles. The molecule has 0 radical (unpaired) electrons. The van der Waals surface area contributed by atoms with E-state index in [1.807, 2.05) is 0 Å². The predicted molar refractivity (Wildman–Crippen MR) is 50.2 cm³/mol. The molecular formula is C9H19P. The van der Waals surface area contributed by atoms with E-state index in [-0.39, 0.29) is 0 Å². The molecule has 0 bridgehead atoms. The van der Waals surface area contributed by atoms with Gasteiger partial charge in [-0.05, 0) is 30.8 Å². The molecule has 1 heteroatoms. The minimum absolute atomic E-state index is 0.359. The first kappa shape index (κ1) is 8.53. The van der Waals surface area contributed by atoms with Crippen molar-refractivity contribution in [1.82, 2.24) is 0 Å². The molecule has 0 aliphatic heterocycles. The quantitative estimate of drug-likeness (QED) is 0.540. The van der Waals surface area contributed by atoms with E-state index in [2.05, 4.69) is 20.5 Å². The lowest BCUT2D eigenvalue weighted by Gasteiger charge is -2.23. The van der Waals surface area contributed by atoms with Crippen molar-refractivity contribution in [3.8, 4) is 0 Å². The minimum Gasteiger partial charge on any atom is -0.104 e. The van der Waals surface area contributed by atoms with Crippen molar-refractivity contribution in [2.24, 2.45) is 0 Å². The molecule has 0 aromatic heterocycles. The highest BCUT2D eigenvalue weighted by Crippen LogP contribution is 2.49. The van der Waals surface area contributed by atoms with Crippen molar-refractivity contribution in [3.63, 3.8) is 0 Å².